The standard InChI is InChI=1S/C25H29ClF3NO/c26-23-10-8-21(9-11-23)24(12-2-13-24)18-30-14-1-3-20(15-30)17-31-16-19-4-6-22(7-5-19)25(27,28)29/h4-11,20H,1-3,12-18H2/t20-/m0/s1. The van der Waals surface area contributed by atoms with Crippen LogP contribution in [-0.2, 0) is 22.9 Å². The van der Waals surface area contributed by atoms with Gasteiger partial charge in [-0.25, -0.2) is 0 Å². The Kier molecular flexibility index (Phi) is 6.95. The Hall–Kier alpha value is -1.56. The van der Waals surface area contributed by atoms with Gasteiger partial charge in [0.1, 0.15) is 0 Å². The molecule has 6 heteroatoms. The molecule has 168 valence electrons. The third-order valence-electron chi connectivity index (χ3n) is 6.80. The van der Waals surface area contributed by atoms with Crippen LogP contribution in [0.25, 0.3) is 0 Å². The van der Waals surface area contributed by atoms with Crippen molar-refractivity contribution in [2.24, 2.45) is 5.92 Å². The first-order valence-electron chi connectivity index (χ1n) is 11.1. The van der Waals surface area contributed by atoms with E-state index in [9.17, 15) is 13.2 Å². The molecule has 0 spiro atoms. The summed E-state index contributed by atoms with van der Waals surface area (Å²) in [6, 6.07) is 13.6. The first kappa shape index (κ1) is 22.6. The second kappa shape index (κ2) is 9.51. The molecule has 0 amide bonds. The monoisotopic (exact) mass is 451 g/mol. The summed E-state index contributed by atoms with van der Waals surface area (Å²) < 4.78 is 43.9. The Balaban J connectivity index is 1.27. The molecule has 1 heterocycles. The van der Waals surface area contributed by atoms with E-state index in [-0.39, 0.29) is 5.41 Å². The van der Waals surface area contributed by atoms with Crippen molar-refractivity contribution >= 4 is 11.6 Å². The Morgan fingerprint density at radius 3 is 2.32 bits per heavy atom. The van der Waals surface area contributed by atoms with Gasteiger partial charge in [0, 0.05) is 23.5 Å². The highest BCUT2D eigenvalue weighted by atomic mass is 35.5. The SMILES string of the molecule is FC(F)(F)c1ccc(COC[C@H]2CCCN(CC3(c4ccc(Cl)cc4)CCC3)C2)cc1. The average molecular weight is 452 g/mol. The summed E-state index contributed by atoms with van der Waals surface area (Å²) in [6.07, 6.45) is 1.72. The second-order valence-corrected chi connectivity index (χ2v) is 9.53. The van der Waals surface area contributed by atoms with Crippen molar-refractivity contribution in [3.63, 3.8) is 0 Å². The van der Waals surface area contributed by atoms with Crippen LogP contribution in [0.1, 0.15) is 48.8 Å². The lowest BCUT2D eigenvalue weighted by atomic mass is 9.64. The summed E-state index contributed by atoms with van der Waals surface area (Å²) in [7, 11) is 0. The number of ether oxygens (including phenoxy) is 1. The van der Waals surface area contributed by atoms with Gasteiger partial charge in [0.15, 0.2) is 0 Å². The molecule has 4 rings (SSSR count). The predicted octanol–water partition coefficient (Wildman–Crippen LogP) is 6.71. The minimum atomic E-state index is -4.30. The predicted molar refractivity (Wildman–Crippen MR) is 117 cm³/mol. The molecule has 2 aromatic carbocycles. The van der Waals surface area contributed by atoms with Crippen LogP contribution in [0.4, 0.5) is 13.2 Å². The molecule has 1 saturated carbocycles. The number of hydrogen-bond donors (Lipinski definition) is 0. The van der Waals surface area contributed by atoms with Gasteiger partial charge in [0.2, 0.25) is 0 Å². The Morgan fingerprint density at radius 2 is 1.71 bits per heavy atom. The fourth-order valence-corrected chi connectivity index (χ4v) is 5.06. The number of benzene rings is 2. The summed E-state index contributed by atoms with van der Waals surface area (Å²) in [4.78, 5) is 2.57. The Labute approximate surface area is 187 Å². The van der Waals surface area contributed by atoms with E-state index in [1.54, 1.807) is 0 Å². The van der Waals surface area contributed by atoms with Crippen molar-refractivity contribution in [3.8, 4) is 0 Å². The van der Waals surface area contributed by atoms with Gasteiger partial charge in [-0.1, -0.05) is 42.3 Å². The van der Waals surface area contributed by atoms with E-state index in [1.165, 1.54) is 37.0 Å². The van der Waals surface area contributed by atoms with E-state index in [2.05, 4.69) is 17.0 Å². The minimum absolute atomic E-state index is 0.244. The van der Waals surface area contributed by atoms with E-state index in [0.717, 1.165) is 55.2 Å². The summed E-state index contributed by atoms with van der Waals surface area (Å²) in [6.45, 7) is 4.20. The smallest absolute Gasteiger partial charge is 0.376 e. The molecule has 0 bridgehead atoms. The lowest BCUT2D eigenvalue weighted by Gasteiger charge is -2.47. The molecule has 0 unspecified atom stereocenters. The molecule has 0 radical (unpaired) electrons. The quantitative estimate of drug-likeness (QED) is 0.464. The number of alkyl halides is 3. The Morgan fingerprint density at radius 1 is 1.00 bits per heavy atom. The molecule has 2 aromatic rings. The molecular weight excluding hydrogens is 423 g/mol. The van der Waals surface area contributed by atoms with Crippen molar-refractivity contribution in [2.45, 2.75) is 50.3 Å². The lowest BCUT2D eigenvalue weighted by molar-refractivity contribution is -0.137. The van der Waals surface area contributed by atoms with Gasteiger partial charge in [-0.05, 0) is 73.5 Å². The van der Waals surface area contributed by atoms with Crippen molar-refractivity contribution in [3.05, 3.63) is 70.2 Å². The van der Waals surface area contributed by atoms with Crippen molar-refractivity contribution in [1.29, 1.82) is 0 Å². The van der Waals surface area contributed by atoms with Crippen LogP contribution in [0.15, 0.2) is 48.5 Å². The van der Waals surface area contributed by atoms with Gasteiger partial charge in [-0.15, -0.1) is 0 Å². The highest BCUT2D eigenvalue weighted by Crippen LogP contribution is 2.45. The second-order valence-electron chi connectivity index (χ2n) is 9.09. The zero-order valence-electron chi connectivity index (χ0n) is 17.6. The van der Waals surface area contributed by atoms with Crippen molar-refractivity contribution in [1.82, 2.24) is 4.90 Å². The van der Waals surface area contributed by atoms with Gasteiger partial charge >= 0.3 is 6.18 Å². The third kappa shape index (κ3) is 5.63. The van der Waals surface area contributed by atoms with Crippen LogP contribution in [0.2, 0.25) is 5.02 Å². The molecule has 1 aliphatic heterocycles. The fourth-order valence-electron chi connectivity index (χ4n) is 4.94. The van der Waals surface area contributed by atoms with E-state index in [1.807, 2.05) is 12.1 Å². The van der Waals surface area contributed by atoms with Crippen LogP contribution in [0, 0.1) is 5.92 Å². The molecule has 2 aliphatic rings. The van der Waals surface area contributed by atoms with E-state index in [0.29, 0.717) is 19.1 Å². The third-order valence-corrected chi connectivity index (χ3v) is 7.05. The molecular formula is C25H29ClF3NO. The van der Waals surface area contributed by atoms with Gasteiger partial charge in [-0.2, -0.15) is 13.2 Å². The first-order valence-corrected chi connectivity index (χ1v) is 11.4. The van der Waals surface area contributed by atoms with Crippen LogP contribution in [0.5, 0.6) is 0 Å². The average Bonchev–Trinajstić information content (AvgIpc) is 2.72. The maximum Gasteiger partial charge on any atom is 0.416 e. The van der Waals surface area contributed by atoms with Gasteiger partial charge in [-0.3, -0.25) is 0 Å². The topological polar surface area (TPSA) is 12.5 Å². The molecule has 2 fully saturated rings. The van der Waals surface area contributed by atoms with Crippen molar-refractivity contribution < 1.29 is 17.9 Å². The number of likely N-dealkylation sites (tertiary alicyclic amines) is 1. The molecule has 1 aliphatic carbocycles. The zero-order valence-corrected chi connectivity index (χ0v) is 18.4. The highest BCUT2D eigenvalue weighted by molar-refractivity contribution is 6.30. The van der Waals surface area contributed by atoms with Crippen LogP contribution >= 0.6 is 11.6 Å². The van der Waals surface area contributed by atoms with E-state index >= 15 is 0 Å². The number of nitrogens with zero attached hydrogens (tertiary/aromatic N) is 1. The highest BCUT2D eigenvalue weighted by Gasteiger charge is 2.40. The molecule has 1 saturated heterocycles. The molecule has 0 N–H and O–H groups in total. The summed E-state index contributed by atoms with van der Waals surface area (Å²) >= 11 is 6.08. The lowest BCUT2D eigenvalue weighted by Crippen LogP contribution is -2.49. The first-order chi connectivity index (χ1) is 14.8. The number of piperidine rings is 1. The summed E-state index contributed by atoms with van der Waals surface area (Å²) in [5, 5.41) is 0.779. The van der Waals surface area contributed by atoms with Crippen LogP contribution < -0.4 is 0 Å². The minimum Gasteiger partial charge on any atom is -0.376 e. The fraction of sp³-hybridized carbons (Fsp3) is 0.520. The van der Waals surface area contributed by atoms with Crippen LogP contribution in [0.3, 0.4) is 0 Å². The molecule has 31 heavy (non-hydrogen) atoms. The molecule has 2 nitrogen and oxygen atoms in total. The number of hydrogen-bond acceptors (Lipinski definition) is 2. The van der Waals surface area contributed by atoms with Crippen molar-refractivity contribution in [2.75, 3.05) is 26.2 Å². The van der Waals surface area contributed by atoms with Gasteiger partial charge < -0.3 is 9.64 Å². The molecule has 1 atom stereocenters. The normalized spacial score (nSPS) is 21.6. The van der Waals surface area contributed by atoms with Crippen LogP contribution in [-0.4, -0.2) is 31.1 Å². The number of rotatable bonds is 7. The van der Waals surface area contributed by atoms with Gasteiger partial charge in [0.05, 0.1) is 18.8 Å². The number of halogens is 4. The maximum absolute atomic E-state index is 12.7. The maximum atomic E-state index is 12.7. The largest absolute Gasteiger partial charge is 0.416 e. The zero-order chi connectivity index (χ0) is 21.9. The summed E-state index contributed by atoms with van der Waals surface area (Å²) in [5.74, 6) is 0.463. The summed E-state index contributed by atoms with van der Waals surface area (Å²) in [5.41, 5.74) is 1.79. The van der Waals surface area contributed by atoms with Gasteiger partial charge in [0.25, 0.3) is 0 Å². The molecule has 0 aromatic heterocycles. The van der Waals surface area contributed by atoms with E-state index < -0.39 is 11.7 Å². The van der Waals surface area contributed by atoms with E-state index in [4.69, 9.17) is 16.3 Å². The Bertz CT molecular complexity index is 847.